The van der Waals surface area contributed by atoms with Crippen LogP contribution in [0, 0.1) is 0 Å². The van der Waals surface area contributed by atoms with Crippen molar-refractivity contribution >= 4 is 17.6 Å². The molecule has 68 valence electrons. The van der Waals surface area contributed by atoms with Gasteiger partial charge in [0.15, 0.2) is 0 Å². The summed E-state index contributed by atoms with van der Waals surface area (Å²) in [6.45, 7) is 1.16. The molecule has 1 saturated heterocycles. The number of carbonyl (C=O) groups is 1. The van der Waals surface area contributed by atoms with Crippen molar-refractivity contribution in [3.05, 3.63) is 12.0 Å². The van der Waals surface area contributed by atoms with E-state index in [1.54, 1.807) is 0 Å². The number of rotatable bonds is 3. The molecule has 0 radical (unpaired) electrons. The molecular formula is C7H9ClO4. The molecule has 0 unspecified atom stereocenters. The van der Waals surface area contributed by atoms with E-state index >= 15 is 0 Å². The van der Waals surface area contributed by atoms with Crippen LogP contribution in [-0.2, 0) is 19.0 Å². The molecule has 12 heavy (non-hydrogen) atoms. The first-order chi connectivity index (χ1) is 5.83. The van der Waals surface area contributed by atoms with Crippen LogP contribution in [0.2, 0.25) is 0 Å². The van der Waals surface area contributed by atoms with E-state index < -0.39 is 5.97 Å². The number of hydrogen-bond donors (Lipinski definition) is 0. The van der Waals surface area contributed by atoms with Crippen molar-refractivity contribution in [1.82, 2.24) is 0 Å². The van der Waals surface area contributed by atoms with Crippen molar-refractivity contribution in [3.63, 3.8) is 0 Å². The summed E-state index contributed by atoms with van der Waals surface area (Å²) in [6, 6.07) is 0. The van der Waals surface area contributed by atoms with Crippen molar-refractivity contribution < 1.29 is 19.0 Å². The lowest BCUT2D eigenvalue weighted by Gasteiger charge is -1.98. The Hall–Kier alpha value is -0.900. The highest BCUT2D eigenvalue weighted by molar-refractivity contribution is 6.18. The van der Waals surface area contributed by atoms with Gasteiger partial charge >= 0.3 is 5.97 Å². The van der Waals surface area contributed by atoms with Gasteiger partial charge in [0.2, 0.25) is 0 Å². The van der Waals surface area contributed by atoms with Gasteiger partial charge in [-0.2, -0.15) is 0 Å². The second-order valence-electron chi connectivity index (χ2n) is 2.02. The van der Waals surface area contributed by atoms with Crippen LogP contribution < -0.4 is 0 Å². The molecule has 0 atom stereocenters. The Morgan fingerprint density at radius 1 is 1.58 bits per heavy atom. The lowest BCUT2D eigenvalue weighted by molar-refractivity contribution is -0.137. The lowest BCUT2D eigenvalue weighted by atomic mass is 10.6. The van der Waals surface area contributed by atoms with Crippen LogP contribution in [0.3, 0.4) is 0 Å². The van der Waals surface area contributed by atoms with Crippen LogP contribution in [-0.4, -0.2) is 31.7 Å². The SMILES string of the molecule is O=C(C=C1OCCO1)OCCCl. The molecule has 0 amide bonds. The molecule has 0 spiro atoms. The molecule has 0 bridgehead atoms. The Balaban J connectivity index is 2.28. The van der Waals surface area contributed by atoms with Gasteiger partial charge in [-0.3, -0.25) is 0 Å². The molecule has 0 aliphatic carbocycles. The molecule has 1 fully saturated rings. The maximum atomic E-state index is 10.8. The van der Waals surface area contributed by atoms with E-state index in [4.69, 9.17) is 21.1 Å². The normalized spacial score (nSPS) is 14.9. The monoisotopic (exact) mass is 192 g/mol. The smallest absolute Gasteiger partial charge is 0.337 e. The van der Waals surface area contributed by atoms with Crippen LogP contribution >= 0.6 is 11.6 Å². The number of carbonyl (C=O) groups excluding carboxylic acids is 1. The standard InChI is InChI=1S/C7H9ClO4/c8-1-2-10-6(9)5-7-11-3-4-12-7/h5H,1-4H2. The highest BCUT2D eigenvalue weighted by Crippen LogP contribution is 2.07. The Kier molecular flexibility index (Phi) is 3.73. The van der Waals surface area contributed by atoms with E-state index in [1.807, 2.05) is 0 Å². The molecule has 0 N–H and O–H groups in total. The topological polar surface area (TPSA) is 44.8 Å². The van der Waals surface area contributed by atoms with Crippen molar-refractivity contribution in [2.75, 3.05) is 25.7 Å². The zero-order valence-corrected chi connectivity index (χ0v) is 7.17. The highest BCUT2D eigenvalue weighted by atomic mass is 35.5. The van der Waals surface area contributed by atoms with Crippen LogP contribution in [0.4, 0.5) is 0 Å². The molecule has 5 heteroatoms. The first-order valence-corrected chi connectivity index (χ1v) is 4.06. The summed E-state index contributed by atoms with van der Waals surface area (Å²) in [6.07, 6.45) is 1.17. The predicted octanol–water partition coefficient (Wildman–Crippen LogP) is 0.657. The molecular weight excluding hydrogens is 184 g/mol. The fraction of sp³-hybridized carbons (Fsp3) is 0.571. The van der Waals surface area contributed by atoms with Crippen molar-refractivity contribution in [2.45, 2.75) is 0 Å². The number of esters is 1. The fourth-order valence-electron chi connectivity index (χ4n) is 0.687. The van der Waals surface area contributed by atoms with Crippen molar-refractivity contribution in [2.24, 2.45) is 0 Å². The summed E-state index contributed by atoms with van der Waals surface area (Å²) in [4.78, 5) is 10.8. The van der Waals surface area contributed by atoms with Gasteiger partial charge in [-0.25, -0.2) is 4.79 Å². The highest BCUT2D eigenvalue weighted by Gasteiger charge is 2.10. The Bertz CT molecular complexity index is 182. The summed E-state index contributed by atoms with van der Waals surface area (Å²) < 4.78 is 14.5. The van der Waals surface area contributed by atoms with E-state index in [0.29, 0.717) is 13.2 Å². The third kappa shape index (κ3) is 3.00. The third-order valence-corrected chi connectivity index (χ3v) is 1.28. The first kappa shape index (κ1) is 9.19. The van der Waals surface area contributed by atoms with Crippen LogP contribution in [0.25, 0.3) is 0 Å². The Morgan fingerprint density at radius 2 is 2.25 bits per heavy atom. The van der Waals surface area contributed by atoms with Crippen molar-refractivity contribution in [3.8, 4) is 0 Å². The van der Waals surface area contributed by atoms with Crippen LogP contribution in [0.1, 0.15) is 0 Å². The van der Waals surface area contributed by atoms with Gasteiger partial charge in [-0.05, 0) is 0 Å². The van der Waals surface area contributed by atoms with Gasteiger partial charge in [-0.1, -0.05) is 0 Å². The number of halogens is 1. The zero-order chi connectivity index (χ0) is 8.81. The lowest BCUT2D eigenvalue weighted by Crippen LogP contribution is -2.04. The molecule has 4 nitrogen and oxygen atoms in total. The third-order valence-electron chi connectivity index (χ3n) is 1.13. The van der Waals surface area contributed by atoms with Gasteiger partial charge in [0, 0.05) is 0 Å². The first-order valence-electron chi connectivity index (χ1n) is 3.53. The molecule has 1 heterocycles. The molecule has 0 aromatic heterocycles. The maximum Gasteiger partial charge on any atom is 0.337 e. The van der Waals surface area contributed by atoms with Gasteiger partial charge in [0.25, 0.3) is 5.95 Å². The Labute approximate surface area is 75.0 Å². The molecule has 1 aliphatic heterocycles. The fourth-order valence-corrected chi connectivity index (χ4v) is 0.764. The van der Waals surface area contributed by atoms with E-state index in [-0.39, 0.29) is 18.4 Å². The molecule has 0 saturated carbocycles. The zero-order valence-electron chi connectivity index (χ0n) is 6.42. The van der Waals surface area contributed by atoms with Gasteiger partial charge < -0.3 is 14.2 Å². The van der Waals surface area contributed by atoms with Gasteiger partial charge in [0.1, 0.15) is 25.9 Å². The van der Waals surface area contributed by atoms with E-state index in [1.165, 1.54) is 6.08 Å². The minimum Gasteiger partial charge on any atom is -0.462 e. The number of alkyl halides is 1. The summed E-state index contributed by atoms with van der Waals surface area (Å²) in [5.41, 5.74) is 0. The van der Waals surface area contributed by atoms with E-state index in [9.17, 15) is 4.79 Å². The van der Waals surface area contributed by atoms with E-state index in [2.05, 4.69) is 4.74 Å². The summed E-state index contributed by atoms with van der Waals surface area (Å²) in [5.74, 6) is 0.0125. The summed E-state index contributed by atoms with van der Waals surface area (Å²) in [7, 11) is 0. The molecule has 0 aromatic carbocycles. The second-order valence-corrected chi connectivity index (χ2v) is 2.39. The predicted molar refractivity (Wildman–Crippen MR) is 41.7 cm³/mol. The van der Waals surface area contributed by atoms with Crippen LogP contribution in [0.15, 0.2) is 12.0 Å². The minimum absolute atomic E-state index is 0.199. The largest absolute Gasteiger partial charge is 0.462 e. The molecule has 0 aromatic rings. The van der Waals surface area contributed by atoms with Gasteiger partial charge in [0.05, 0.1) is 5.88 Å². The van der Waals surface area contributed by atoms with Crippen LogP contribution in [0.5, 0.6) is 0 Å². The average molecular weight is 193 g/mol. The van der Waals surface area contributed by atoms with E-state index in [0.717, 1.165) is 0 Å². The minimum atomic E-state index is -0.493. The summed E-state index contributed by atoms with van der Waals surface area (Å²) in [5, 5.41) is 0. The number of hydrogen-bond acceptors (Lipinski definition) is 4. The second kappa shape index (κ2) is 4.87. The number of ether oxygens (including phenoxy) is 3. The molecule has 1 aliphatic rings. The molecule has 1 rings (SSSR count). The Morgan fingerprint density at radius 3 is 2.83 bits per heavy atom. The summed E-state index contributed by atoms with van der Waals surface area (Å²) >= 11 is 5.30. The van der Waals surface area contributed by atoms with Gasteiger partial charge in [-0.15, -0.1) is 11.6 Å². The average Bonchev–Trinajstić information content (AvgIpc) is 2.53. The van der Waals surface area contributed by atoms with Crippen molar-refractivity contribution in [1.29, 1.82) is 0 Å². The maximum absolute atomic E-state index is 10.8. The quantitative estimate of drug-likeness (QED) is 0.374.